The van der Waals surface area contributed by atoms with Crippen molar-refractivity contribution in [2.24, 2.45) is 0 Å². The van der Waals surface area contributed by atoms with Crippen LogP contribution in [0.4, 0.5) is 8.78 Å². The second kappa shape index (κ2) is 7.15. The van der Waals surface area contributed by atoms with Crippen molar-refractivity contribution in [2.75, 3.05) is 6.54 Å². The number of halogens is 2. The third kappa shape index (κ3) is 4.74. The third-order valence-corrected chi connectivity index (χ3v) is 3.25. The number of hydrogen-bond donors (Lipinski definition) is 1. The minimum absolute atomic E-state index is 0.193. The van der Waals surface area contributed by atoms with Crippen molar-refractivity contribution in [3.05, 3.63) is 71.3 Å². The van der Waals surface area contributed by atoms with E-state index in [0.717, 1.165) is 30.5 Å². The fraction of sp³-hybridized carbons (Fsp3) is 0.294. The van der Waals surface area contributed by atoms with E-state index in [1.165, 1.54) is 18.2 Å². The summed E-state index contributed by atoms with van der Waals surface area (Å²) in [6.45, 7) is 2.89. The molecule has 2 aromatic rings. The molecule has 0 saturated carbocycles. The molecule has 1 nitrogen and oxygen atoms in total. The van der Waals surface area contributed by atoms with Crippen molar-refractivity contribution in [2.45, 2.75) is 25.8 Å². The fourth-order valence-electron chi connectivity index (χ4n) is 2.20. The standard InChI is InChI=1S/C17H19F2N/c1-13(11-15-5-7-16(18)8-6-15)20-10-9-14-3-2-4-17(19)12-14/h2-8,12-13,20H,9-11H2,1H3. The van der Waals surface area contributed by atoms with E-state index < -0.39 is 0 Å². The topological polar surface area (TPSA) is 12.0 Å². The van der Waals surface area contributed by atoms with Crippen molar-refractivity contribution in [1.82, 2.24) is 5.32 Å². The molecule has 0 aromatic heterocycles. The van der Waals surface area contributed by atoms with Gasteiger partial charge in [-0.2, -0.15) is 0 Å². The maximum absolute atomic E-state index is 13.0. The molecule has 2 rings (SSSR count). The highest BCUT2D eigenvalue weighted by atomic mass is 19.1. The molecule has 1 atom stereocenters. The van der Waals surface area contributed by atoms with Gasteiger partial charge in [0.25, 0.3) is 0 Å². The molecule has 1 N–H and O–H groups in total. The average Bonchev–Trinajstić information content (AvgIpc) is 2.41. The van der Waals surface area contributed by atoms with Gasteiger partial charge in [0.1, 0.15) is 11.6 Å². The Morgan fingerprint density at radius 3 is 2.40 bits per heavy atom. The van der Waals surface area contributed by atoms with E-state index in [-0.39, 0.29) is 11.6 Å². The summed E-state index contributed by atoms with van der Waals surface area (Å²) in [5.41, 5.74) is 2.10. The Bertz CT molecular complexity index is 537. The van der Waals surface area contributed by atoms with Gasteiger partial charge in [-0.25, -0.2) is 8.78 Å². The second-order valence-corrected chi connectivity index (χ2v) is 5.07. The van der Waals surface area contributed by atoms with Crippen LogP contribution in [0.25, 0.3) is 0 Å². The fourth-order valence-corrected chi connectivity index (χ4v) is 2.20. The van der Waals surface area contributed by atoms with Crippen molar-refractivity contribution in [3.8, 4) is 0 Å². The van der Waals surface area contributed by atoms with Crippen LogP contribution in [0.1, 0.15) is 18.1 Å². The van der Waals surface area contributed by atoms with Gasteiger partial charge in [-0.1, -0.05) is 24.3 Å². The van der Waals surface area contributed by atoms with E-state index in [2.05, 4.69) is 12.2 Å². The Balaban J connectivity index is 1.75. The molecule has 0 spiro atoms. The van der Waals surface area contributed by atoms with E-state index >= 15 is 0 Å². The zero-order chi connectivity index (χ0) is 14.4. The highest BCUT2D eigenvalue weighted by Gasteiger charge is 2.03. The van der Waals surface area contributed by atoms with Crippen LogP contribution in [0.2, 0.25) is 0 Å². The lowest BCUT2D eigenvalue weighted by atomic mass is 10.1. The molecule has 106 valence electrons. The lowest BCUT2D eigenvalue weighted by Gasteiger charge is -2.14. The molecular weight excluding hydrogens is 256 g/mol. The molecule has 1 unspecified atom stereocenters. The number of rotatable bonds is 6. The summed E-state index contributed by atoms with van der Waals surface area (Å²) in [5, 5.41) is 3.40. The van der Waals surface area contributed by atoms with Gasteiger partial charge in [0.2, 0.25) is 0 Å². The molecule has 2 aromatic carbocycles. The summed E-state index contributed by atoms with van der Waals surface area (Å²) < 4.78 is 25.8. The highest BCUT2D eigenvalue weighted by molar-refractivity contribution is 5.18. The minimum atomic E-state index is -0.208. The van der Waals surface area contributed by atoms with E-state index in [9.17, 15) is 8.78 Å². The first-order valence-electron chi connectivity index (χ1n) is 6.86. The monoisotopic (exact) mass is 275 g/mol. The lowest BCUT2D eigenvalue weighted by molar-refractivity contribution is 0.546. The summed E-state index contributed by atoms with van der Waals surface area (Å²) >= 11 is 0. The van der Waals surface area contributed by atoms with Gasteiger partial charge in [0, 0.05) is 6.04 Å². The Labute approximate surface area is 118 Å². The predicted molar refractivity (Wildman–Crippen MR) is 77.7 cm³/mol. The van der Waals surface area contributed by atoms with Crippen LogP contribution in [-0.4, -0.2) is 12.6 Å². The van der Waals surface area contributed by atoms with Crippen molar-refractivity contribution < 1.29 is 8.78 Å². The Morgan fingerprint density at radius 1 is 0.950 bits per heavy atom. The van der Waals surface area contributed by atoms with Crippen LogP contribution < -0.4 is 5.32 Å². The van der Waals surface area contributed by atoms with Crippen LogP contribution in [0.3, 0.4) is 0 Å². The summed E-state index contributed by atoms with van der Waals surface area (Å²) in [6.07, 6.45) is 1.65. The quantitative estimate of drug-likeness (QED) is 0.847. The van der Waals surface area contributed by atoms with Gasteiger partial charge in [0.05, 0.1) is 0 Å². The van der Waals surface area contributed by atoms with Gasteiger partial charge < -0.3 is 5.32 Å². The van der Waals surface area contributed by atoms with Crippen LogP contribution in [-0.2, 0) is 12.8 Å². The molecule has 0 amide bonds. The first-order chi connectivity index (χ1) is 9.63. The Kier molecular flexibility index (Phi) is 5.24. The van der Waals surface area contributed by atoms with Gasteiger partial charge in [-0.3, -0.25) is 0 Å². The first-order valence-corrected chi connectivity index (χ1v) is 6.86. The van der Waals surface area contributed by atoms with Gasteiger partial charge >= 0.3 is 0 Å². The molecule has 0 radical (unpaired) electrons. The molecular formula is C17H19F2N. The van der Waals surface area contributed by atoms with Gasteiger partial charge in [-0.05, 0) is 61.7 Å². The number of nitrogens with one attached hydrogen (secondary N) is 1. The predicted octanol–water partition coefficient (Wildman–Crippen LogP) is 3.73. The largest absolute Gasteiger partial charge is 0.314 e. The lowest BCUT2D eigenvalue weighted by Crippen LogP contribution is -2.30. The number of benzene rings is 2. The highest BCUT2D eigenvalue weighted by Crippen LogP contribution is 2.07. The normalized spacial score (nSPS) is 12.3. The summed E-state index contributed by atoms with van der Waals surface area (Å²) in [6, 6.07) is 13.5. The molecule has 20 heavy (non-hydrogen) atoms. The van der Waals surface area contributed by atoms with Crippen LogP contribution >= 0.6 is 0 Å². The van der Waals surface area contributed by atoms with Crippen molar-refractivity contribution >= 4 is 0 Å². The van der Waals surface area contributed by atoms with E-state index in [4.69, 9.17) is 0 Å². The van der Waals surface area contributed by atoms with Crippen molar-refractivity contribution in [1.29, 1.82) is 0 Å². The maximum Gasteiger partial charge on any atom is 0.123 e. The van der Waals surface area contributed by atoms with Crippen LogP contribution in [0, 0.1) is 11.6 Å². The molecule has 0 fully saturated rings. The zero-order valence-corrected chi connectivity index (χ0v) is 11.6. The second-order valence-electron chi connectivity index (χ2n) is 5.07. The molecule has 3 heteroatoms. The smallest absolute Gasteiger partial charge is 0.123 e. The van der Waals surface area contributed by atoms with Gasteiger partial charge in [-0.15, -0.1) is 0 Å². The molecule has 0 aliphatic rings. The minimum Gasteiger partial charge on any atom is -0.314 e. The van der Waals surface area contributed by atoms with Gasteiger partial charge in [0.15, 0.2) is 0 Å². The molecule has 0 aliphatic heterocycles. The Hall–Kier alpha value is -1.74. The molecule has 0 saturated heterocycles. The molecule has 0 bridgehead atoms. The van der Waals surface area contributed by atoms with Crippen molar-refractivity contribution in [3.63, 3.8) is 0 Å². The SMILES string of the molecule is CC(Cc1ccc(F)cc1)NCCc1cccc(F)c1. The zero-order valence-electron chi connectivity index (χ0n) is 11.6. The Morgan fingerprint density at radius 2 is 1.70 bits per heavy atom. The number of hydrogen-bond acceptors (Lipinski definition) is 1. The maximum atomic E-state index is 13.0. The first kappa shape index (κ1) is 14.7. The molecule has 0 aliphatic carbocycles. The van der Waals surface area contributed by atoms with E-state index in [1.54, 1.807) is 24.3 Å². The summed E-state index contributed by atoms with van der Waals surface area (Å²) in [7, 11) is 0. The summed E-state index contributed by atoms with van der Waals surface area (Å²) in [4.78, 5) is 0. The third-order valence-electron chi connectivity index (χ3n) is 3.25. The summed E-state index contributed by atoms with van der Waals surface area (Å²) in [5.74, 6) is -0.401. The van der Waals surface area contributed by atoms with Crippen LogP contribution in [0.5, 0.6) is 0 Å². The van der Waals surface area contributed by atoms with E-state index in [1.807, 2.05) is 6.07 Å². The van der Waals surface area contributed by atoms with Crippen LogP contribution in [0.15, 0.2) is 48.5 Å². The molecule has 0 heterocycles. The van der Waals surface area contributed by atoms with E-state index in [0.29, 0.717) is 6.04 Å². The average molecular weight is 275 g/mol.